The van der Waals surface area contributed by atoms with Crippen LogP contribution in [0.2, 0.25) is 0 Å². The molecule has 0 fully saturated rings. The van der Waals surface area contributed by atoms with Crippen LogP contribution in [0.25, 0.3) is 0 Å². The number of hydrogen-bond acceptors (Lipinski definition) is 3. The molecule has 0 unspecified atom stereocenters. The van der Waals surface area contributed by atoms with Crippen LogP contribution in [0, 0.1) is 5.82 Å². The molecule has 0 aliphatic rings. The molecule has 0 saturated carbocycles. The summed E-state index contributed by atoms with van der Waals surface area (Å²) < 4.78 is 14.2. The Labute approximate surface area is 117 Å². The van der Waals surface area contributed by atoms with Gasteiger partial charge in [-0.15, -0.1) is 0 Å². The lowest BCUT2D eigenvalue weighted by Crippen LogP contribution is -2.08. The van der Waals surface area contributed by atoms with Crippen LogP contribution in [0.4, 0.5) is 21.5 Å². The summed E-state index contributed by atoms with van der Waals surface area (Å²) in [5.74, 6) is -2.03. The molecule has 0 aliphatic carbocycles. The number of halogens is 2. The zero-order chi connectivity index (χ0) is 14.0. The highest BCUT2D eigenvalue weighted by Gasteiger charge is 2.17. The number of nitrogen functional groups attached to an aromatic ring is 1. The minimum absolute atomic E-state index is 0.244. The van der Waals surface area contributed by atoms with Crippen LogP contribution in [0.5, 0.6) is 0 Å². The molecule has 0 amide bonds. The van der Waals surface area contributed by atoms with Crippen LogP contribution >= 0.6 is 15.9 Å². The molecule has 0 radical (unpaired) electrons. The molecule has 2 rings (SSSR count). The predicted molar refractivity (Wildman–Crippen MR) is 75.2 cm³/mol. The van der Waals surface area contributed by atoms with Gasteiger partial charge in [-0.2, -0.15) is 0 Å². The molecule has 0 bridgehead atoms. The minimum Gasteiger partial charge on any atom is -0.478 e. The molecule has 0 atom stereocenters. The Morgan fingerprint density at radius 2 is 1.84 bits per heavy atom. The second-order valence-corrected chi connectivity index (χ2v) is 4.74. The van der Waals surface area contributed by atoms with Gasteiger partial charge in [-0.05, 0) is 36.4 Å². The first-order valence-electron chi connectivity index (χ1n) is 5.33. The van der Waals surface area contributed by atoms with Crippen molar-refractivity contribution in [1.82, 2.24) is 0 Å². The third-order valence-electron chi connectivity index (χ3n) is 2.53. The van der Waals surface area contributed by atoms with Crippen molar-refractivity contribution in [3.8, 4) is 0 Å². The predicted octanol–water partition coefficient (Wildman–Crippen LogP) is 3.61. The van der Waals surface area contributed by atoms with E-state index < -0.39 is 11.8 Å². The Bertz CT molecular complexity index is 629. The standard InChI is InChI=1S/C13H10BrFN2O2/c14-7-1-3-8(4-2-7)17-10-6-5-9(15)12(16)11(10)13(18)19/h1-6,17H,16H2,(H,18,19). The van der Waals surface area contributed by atoms with Gasteiger partial charge in [-0.1, -0.05) is 15.9 Å². The highest BCUT2D eigenvalue weighted by atomic mass is 79.9. The zero-order valence-corrected chi connectivity index (χ0v) is 11.2. The lowest BCUT2D eigenvalue weighted by Gasteiger charge is -2.12. The van der Waals surface area contributed by atoms with Gasteiger partial charge in [0.25, 0.3) is 0 Å². The number of carbonyl (C=O) groups is 1. The summed E-state index contributed by atoms with van der Waals surface area (Å²) in [4.78, 5) is 11.1. The van der Waals surface area contributed by atoms with Crippen molar-refractivity contribution in [3.63, 3.8) is 0 Å². The van der Waals surface area contributed by atoms with Crippen molar-refractivity contribution in [2.75, 3.05) is 11.1 Å². The highest BCUT2D eigenvalue weighted by Crippen LogP contribution is 2.28. The molecule has 2 aromatic rings. The van der Waals surface area contributed by atoms with E-state index >= 15 is 0 Å². The Morgan fingerprint density at radius 3 is 2.42 bits per heavy atom. The molecule has 4 nitrogen and oxygen atoms in total. The number of anilines is 3. The fourth-order valence-electron chi connectivity index (χ4n) is 1.62. The average molecular weight is 325 g/mol. The summed E-state index contributed by atoms with van der Waals surface area (Å²) in [6.45, 7) is 0. The quantitative estimate of drug-likeness (QED) is 0.754. The SMILES string of the molecule is Nc1c(F)ccc(Nc2ccc(Br)cc2)c1C(=O)O. The zero-order valence-electron chi connectivity index (χ0n) is 9.65. The van der Waals surface area contributed by atoms with Crippen molar-refractivity contribution in [2.24, 2.45) is 0 Å². The second kappa shape index (κ2) is 5.27. The van der Waals surface area contributed by atoms with Gasteiger partial charge in [0.2, 0.25) is 0 Å². The largest absolute Gasteiger partial charge is 0.478 e. The van der Waals surface area contributed by atoms with Crippen molar-refractivity contribution in [1.29, 1.82) is 0 Å². The smallest absolute Gasteiger partial charge is 0.340 e. The summed E-state index contributed by atoms with van der Waals surface area (Å²) >= 11 is 3.30. The summed E-state index contributed by atoms with van der Waals surface area (Å²) in [6, 6.07) is 9.59. The lowest BCUT2D eigenvalue weighted by molar-refractivity contribution is 0.0698. The van der Waals surface area contributed by atoms with Gasteiger partial charge >= 0.3 is 5.97 Å². The van der Waals surface area contributed by atoms with E-state index in [1.807, 2.05) is 0 Å². The molecule has 0 aliphatic heterocycles. The maximum Gasteiger partial charge on any atom is 0.340 e. The third kappa shape index (κ3) is 2.85. The van der Waals surface area contributed by atoms with Gasteiger partial charge in [0.1, 0.15) is 11.4 Å². The van der Waals surface area contributed by atoms with E-state index in [1.165, 1.54) is 6.07 Å². The third-order valence-corrected chi connectivity index (χ3v) is 3.06. The average Bonchev–Trinajstić information content (AvgIpc) is 2.36. The number of rotatable bonds is 3. The molecule has 6 heteroatoms. The van der Waals surface area contributed by atoms with E-state index in [0.29, 0.717) is 5.69 Å². The maximum absolute atomic E-state index is 13.3. The van der Waals surface area contributed by atoms with Crippen LogP contribution in [-0.4, -0.2) is 11.1 Å². The van der Waals surface area contributed by atoms with Crippen LogP contribution in [-0.2, 0) is 0 Å². The topological polar surface area (TPSA) is 75.3 Å². The van der Waals surface area contributed by atoms with Crippen molar-refractivity contribution in [3.05, 3.63) is 52.3 Å². The summed E-state index contributed by atoms with van der Waals surface area (Å²) in [6.07, 6.45) is 0. The lowest BCUT2D eigenvalue weighted by atomic mass is 10.1. The van der Waals surface area contributed by atoms with Crippen molar-refractivity contribution in [2.45, 2.75) is 0 Å². The molecule has 19 heavy (non-hydrogen) atoms. The minimum atomic E-state index is -1.28. The van der Waals surface area contributed by atoms with E-state index in [2.05, 4.69) is 21.2 Å². The van der Waals surface area contributed by atoms with E-state index in [9.17, 15) is 9.18 Å². The maximum atomic E-state index is 13.3. The van der Waals surface area contributed by atoms with Crippen molar-refractivity contribution >= 4 is 39.0 Å². The molecular weight excluding hydrogens is 315 g/mol. The normalized spacial score (nSPS) is 10.2. The van der Waals surface area contributed by atoms with Gasteiger partial charge < -0.3 is 16.2 Å². The van der Waals surface area contributed by atoms with E-state index in [4.69, 9.17) is 10.8 Å². The molecule has 2 aromatic carbocycles. The van der Waals surface area contributed by atoms with E-state index in [-0.39, 0.29) is 16.9 Å². The number of nitrogens with one attached hydrogen (secondary N) is 1. The molecule has 0 heterocycles. The monoisotopic (exact) mass is 324 g/mol. The van der Waals surface area contributed by atoms with Crippen LogP contribution in [0.15, 0.2) is 40.9 Å². The van der Waals surface area contributed by atoms with Gasteiger partial charge in [0.05, 0.1) is 11.4 Å². The molecule has 0 spiro atoms. The molecular formula is C13H10BrFN2O2. The molecule has 0 saturated heterocycles. The molecule has 4 N–H and O–H groups in total. The van der Waals surface area contributed by atoms with Gasteiger partial charge in [-0.3, -0.25) is 0 Å². The van der Waals surface area contributed by atoms with E-state index in [1.54, 1.807) is 24.3 Å². The summed E-state index contributed by atoms with van der Waals surface area (Å²) in [5, 5.41) is 12.0. The summed E-state index contributed by atoms with van der Waals surface area (Å²) in [7, 11) is 0. The van der Waals surface area contributed by atoms with Crippen molar-refractivity contribution < 1.29 is 14.3 Å². The first kappa shape index (κ1) is 13.4. The highest BCUT2D eigenvalue weighted by molar-refractivity contribution is 9.10. The Morgan fingerprint density at radius 1 is 1.21 bits per heavy atom. The number of hydrogen-bond donors (Lipinski definition) is 3. The Kier molecular flexibility index (Phi) is 3.71. The number of carboxylic acids is 1. The van der Waals surface area contributed by atoms with Gasteiger partial charge in [0.15, 0.2) is 0 Å². The molecule has 0 aromatic heterocycles. The first-order valence-corrected chi connectivity index (χ1v) is 6.12. The Hall–Kier alpha value is -2.08. The number of nitrogens with two attached hydrogens (primary N) is 1. The van der Waals surface area contributed by atoms with Gasteiger partial charge in [0, 0.05) is 10.2 Å². The van der Waals surface area contributed by atoms with Crippen LogP contribution < -0.4 is 11.1 Å². The number of carboxylic acid groups (broad SMARTS) is 1. The Balaban J connectivity index is 2.42. The summed E-state index contributed by atoms with van der Waals surface area (Å²) in [5.41, 5.74) is 5.73. The number of benzene rings is 2. The van der Waals surface area contributed by atoms with E-state index in [0.717, 1.165) is 10.5 Å². The fraction of sp³-hybridized carbons (Fsp3) is 0. The fourth-order valence-corrected chi connectivity index (χ4v) is 1.88. The van der Waals surface area contributed by atoms with Crippen LogP contribution in [0.3, 0.4) is 0 Å². The number of aromatic carboxylic acids is 1. The molecule has 98 valence electrons. The van der Waals surface area contributed by atoms with Crippen LogP contribution in [0.1, 0.15) is 10.4 Å². The second-order valence-electron chi connectivity index (χ2n) is 3.82. The first-order chi connectivity index (χ1) is 8.99. The van der Waals surface area contributed by atoms with Gasteiger partial charge in [-0.25, -0.2) is 9.18 Å².